The summed E-state index contributed by atoms with van der Waals surface area (Å²) in [6, 6.07) is 28.8. The van der Waals surface area contributed by atoms with E-state index in [9.17, 15) is 19.8 Å². The first-order chi connectivity index (χ1) is 26.2. The number of hydrogen-bond acceptors (Lipinski definition) is 8. The van der Waals surface area contributed by atoms with Gasteiger partial charge in [0.25, 0.3) is 0 Å². The van der Waals surface area contributed by atoms with Gasteiger partial charge in [0, 0.05) is 32.3 Å². The molecule has 0 radical (unpaired) electrons. The molecule has 4 aromatic carbocycles. The van der Waals surface area contributed by atoms with Gasteiger partial charge >= 0.3 is 11.9 Å². The second-order valence-corrected chi connectivity index (χ2v) is 14.8. The zero-order valence-corrected chi connectivity index (χ0v) is 33.1. The monoisotopic (exact) mass is 790 g/mol. The number of carboxylic acid groups (broad SMARTS) is 2. The number of carbonyl (C=O) groups is 2. The van der Waals surface area contributed by atoms with Gasteiger partial charge in [-0.25, -0.2) is 9.59 Å². The molecule has 0 aromatic heterocycles. The van der Waals surface area contributed by atoms with Gasteiger partial charge in [0.1, 0.15) is 36.1 Å². The minimum Gasteiger partial charge on any atom is -0.478 e. The van der Waals surface area contributed by atoms with Crippen molar-refractivity contribution in [3.05, 3.63) is 129 Å². The Kier molecular flexibility index (Phi) is 16.0. The van der Waals surface area contributed by atoms with Gasteiger partial charge in [-0.3, -0.25) is 0 Å². The molecule has 0 heterocycles. The molecule has 4 rings (SSSR count). The molecule has 0 unspecified atom stereocenters. The lowest BCUT2D eigenvalue weighted by molar-refractivity contribution is -0.152. The average molecular weight is 792 g/mol. The predicted octanol–water partition coefficient (Wildman–Crippen LogP) is 10.4. The highest BCUT2D eigenvalue weighted by atomic mass is 35.5. The second kappa shape index (κ2) is 20.6. The Balaban J connectivity index is 1.20. The summed E-state index contributed by atoms with van der Waals surface area (Å²) in [6.45, 7) is 6.95. The molecule has 55 heavy (non-hydrogen) atoms. The standard InChI is InChI=1S/C43H48Cl2N2O8/c1-42(2,40(48)49)54-36-24-16-32(17-25-36)38(30-12-20-34(44)21-13-30)46-52-28-10-8-6-5-7-9-11-29-53-47-39(31-14-22-35(45)23-15-31)33-18-26-37(27-19-33)55-43(3,4)41(50)51/h12-27H,5-11,28-29H2,1-4H3,(H,48,49)(H,50,51)/b46-38-,47-39-. The first-order valence-corrected chi connectivity index (χ1v) is 19.0. The summed E-state index contributed by atoms with van der Waals surface area (Å²) in [7, 11) is 0. The van der Waals surface area contributed by atoms with Crippen LogP contribution in [0.15, 0.2) is 107 Å². The second-order valence-electron chi connectivity index (χ2n) is 13.9. The number of unbranched alkanes of at least 4 members (excludes halogenated alkanes) is 6. The quantitative estimate of drug-likeness (QED) is 0.0456. The molecular formula is C43H48Cl2N2O8. The molecule has 0 fully saturated rings. The summed E-state index contributed by atoms with van der Waals surface area (Å²) in [6.07, 6.45) is 7.01. The highest BCUT2D eigenvalue weighted by molar-refractivity contribution is 6.31. The third-order valence-electron chi connectivity index (χ3n) is 8.55. The Morgan fingerprint density at radius 3 is 1.05 bits per heavy atom. The first kappa shape index (κ1) is 42.7. The Bertz CT molecular complexity index is 1750. The number of rotatable bonds is 22. The number of carboxylic acids is 2. The van der Waals surface area contributed by atoms with Crippen molar-refractivity contribution < 1.29 is 39.0 Å². The van der Waals surface area contributed by atoms with Crippen LogP contribution in [-0.4, -0.2) is 58.0 Å². The summed E-state index contributed by atoms with van der Waals surface area (Å²) in [4.78, 5) is 34.4. The van der Waals surface area contributed by atoms with E-state index in [-0.39, 0.29) is 0 Å². The van der Waals surface area contributed by atoms with E-state index < -0.39 is 23.1 Å². The van der Waals surface area contributed by atoms with Crippen LogP contribution in [0.4, 0.5) is 0 Å². The highest BCUT2D eigenvalue weighted by Crippen LogP contribution is 2.24. The smallest absolute Gasteiger partial charge is 0.347 e. The summed E-state index contributed by atoms with van der Waals surface area (Å²) in [5.41, 5.74) is 1.82. The Hall–Kier alpha value is -5.06. The molecule has 0 saturated carbocycles. The molecule has 292 valence electrons. The van der Waals surface area contributed by atoms with E-state index in [1.807, 2.05) is 48.5 Å². The molecule has 0 spiro atoms. The zero-order chi connectivity index (χ0) is 39.8. The van der Waals surface area contributed by atoms with Gasteiger partial charge < -0.3 is 29.4 Å². The number of benzene rings is 4. The van der Waals surface area contributed by atoms with Crippen molar-refractivity contribution in [1.82, 2.24) is 0 Å². The Morgan fingerprint density at radius 2 is 0.764 bits per heavy atom. The van der Waals surface area contributed by atoms with Gasteiger partial charge in [0.15, 0.2) is 11.2 Å². The van der Waals surface area contributed by atoms with Gasteiger partial charge in [-0.2, -0.15) is 0 Å². The molecule has 0 atom stereocenters. The Labute approximate surface area is 332 Å². The van der Waals surface area contributed by atoms with Crippen molar-refractivity contribution in [2.24, 2.45) is 10.3 Å². The molecule has 0 bridgehead atoms. The van der Waals surface area contributed by atoms with Crippen LogP contribution >= 0.6 is 23.2 Å². The van der Waals surface area contributed by atoms with Crippen LogP contribution in [0, 0.1) is 0 Å². The van der Waals surface area contributed by atoms with Gasteiger partial charge in [0.2, 0.25) is 0 Å². The molecule has 4 aromatic rings. The number of oxime groups is 2. The zero-order valence-electron chi connectivity index (χ0n) is 31.6. The molecular weight excluding hydrogens is 743 g/mol. The van der Waals surface area contributed by atoms with Crippen molar-refractivity contribution in [3.63, 3.8) is 0 Å². The molecule has 0 aliphatic carbocycles. The molecule has 2 N–H and O–H groups in total. The highest BCUT2D eigenvalue weighted by Gasteiger charge is 2.30. The van der Waals surface area contributed by atoms with E-state index in [2.05, 4.69) is 10.3 Å². The summed E-state index contributed by atoms with van der Waals surface area (Å²) in [5, 5.41) is 28.9. The van der Waals surface area contributed by atoms with E-state index in [1.165, 1.54) is 27.7 Å². The number of nitrogens with zero attached hydrogens (tertiary/aromatic N) is 2. The third kappa shape index (κ3) is 13.6. The van der Waals surface area contributed by atoms with E-state index >= 15 is 0 Å². The van der Waals surface area contributed by atoms with Crippen LogP contribution < -0.4 is 9.47 Å². The van der Waals surface area contributed by atoms with Crippen molar-refractivity contribution in [2.45, 2.75) is 83.8 Å². The van der Waals surface area contributed by atoms with Crippen LogP contribution in [0.1, 0.15) is 94.9 Å². The van der Waals surface area contributed by atoms with E-state index in [0.29, 0.717) is 46.2 Å². The minimum atomic E-state index is -1.36. The van der Waals surface area contributed by atoms with Gasteiger partial charge in [-0.05, 0) is 126 Å². The fourth-order valence-electron chi connectivity index (χ4n) is 5.24. The van der Waals surface area contributed by atoms with Crippen LogP contribution in [0.5, 0.6) is 11.5 Å². The summed E-state index contributed by atoms with van der Waals surface area (Å²) < 4.78 is 11.3. The maximum atomic E-state index is 11.5. The maximum absolute atomic E-state index is 11.5. The van der Waals surface area contributed by atoms with Crippen LogP contribution in [0.2, 0.25) is 10.0 Å². The van der Waals surface area contributed by atoms with E-state index in [4.69, 9.17) is 42.4 Å². The number of ether oxygens (including phenoxy) is 2. The van der Waals surface area contributed by atoms with Crippen LogP contribution in [0.3, 0.4) is 0 Å². The average Bonchev–Trinajstić information content (AvgIpc) is 3.15. The van der Waals surface area contributed by atoms with Gasteiger partial charge in [-0.1, -0.05) is 77.0 Å². The van der Waals surface area contributed by atoms with Crippen molar-refractivity contribution in [2.75, 3.05) is 13.2 Å². The Morgan fingerprint density at radius 1 is 0.491 bits per heavy atom. The van der Waals surface area contributed by atoms with E-state index in [0.717, 1.165) is 67.2 Å². The van der Waals surface area contributed by atoms with Crippen LogP contribution in [-0.2, 0) is 19.3 Å². The lowest BCUT2D eigenvalue weighted by atomic mass is 10.0. The molecule has 0 saturated heterocycles. The molecule has 0 aliphatic rings. The molecule has 0 amide bonds. The minimum absolute atomic E-state index is 0.437. The van der Waals surface area contributed by atoms with Crippen molar-refractivity contribution in [1.29, 1.82) is 0 Å². The van der Waals surface area contributed by atoms with Crippen molar-refractivity contribution in [3.8, 4) is 11.5 Å². The number of halogens is 2. The fraction of sp³-hybridized carbons (Fsp3) is 0.349. The summed E-state index contributed by atoms with van der Waals surface area (Å²) in [5.74, 6) is -1.23. The predicted molar refractivity (Wildman–Crippen MR) is 216 cm³/mol. The summed E-state index contributed by atoms with van der Waals surface area (Å²) >= 11 is 12.2. The lowest BCUT2D eigenvalue weighted by Gasteiger charge is -2.21. The lowest BCUT2D eigenvalue weighted by Crippen LogP contribution is -2.37. The van der Waals surface area contributed by atoms with Crippen molar-refractivity contribution >= 4 is 46.6 Å². The molecule has 10 nitrogen and oxygen atoms in total. The SMILES string of the molecule is CC(C)(Oc1ccc(/C(=N\OCCCCCCCCCO/N=C(/c2ccc(Cl)cc2)c2ccc(OC(C)(C)C(=O)O)cc2)c2ccc(Cl)cc2)cc1)C(=O)O. The first-order valence-electron chi connectivity index (χ1n) is 18.2. The van der Waals surface area contributed by atoms with Crippen LogP contribution in [0.25, 0.3) is 0 Å². The number of aliphatic carboxylic acids is 2. The maximum Gasteiger partial charge on any atom is 0.347 e. The molecule has 0 aliphatic heterocycles. The van der Waals surface area contributed by atoms with Gasteiger partial charge in [-0.15, -0.1) is 0 Å². The fourth-order valence-corrected chi connectivity index (χ4v) is 5.49. The topological polar surface area (TPSA) is 136 Å². The number of hydrogen-bond donors (Lipinski definition) is 2. The van der Waals surface area contributed by atoms with E-state index in [1.54, 1.807) is 48.5 Å². The molecule has 12 heteroatoms. The van der Waals surface area contributed by atoms with Gasteiger partial charge in [0.05, 0.1) is 0 Å². The normalized spacial score (nSPS) is 12.3. The largest absolute Gasteiger partial charge is 0.478 e. The third-order valence-corrected chi connectivity index (χ3v) is 9.05.